The summed E-state index contributed by atoms with van der Waals surface area (Å²) in [5.41, 5.74) is 4.94. The molecule has 208 valence electrons. The summed E-state index contributed by atoms with van der Waals surface area (Å²) < 4.78 is 28.7. The highest BCUT2D eigenvalue weighted by Crippen LogP contribution is 2.31. The molecule has 0 saturated heterocycles. The summed E-state index contributed by atoms with van der Waals surface area (Å²) in [5, 5.41) is 5.29. The molecule has 4 rings (SSSR count). The lowest BCUT2D eigenvalue weighted by Gasteiger charge is -2.29. The number of unbranched alkanes of at least 4 members (excludes halogenated alkanes) is 1. The molecular weight excluding hydrogens is 514 g/mol. The molecule has 10 heteroatoms. The highest BCUT2D eigenvalue weighted by Gasteiger charge is 2.22. The lowest BCUT2D eigenvalue weighted by molar-refractivity contribution is -0.111. The molecule has 0 atom stereocenters. The van der Waals surface area contributed by atoms with E-state index in [1.165, 1.54) is 6.26 Å². The molecule has 3 aromatic rings. The Morgan fingerprint density at radius 1 is 1.03 bits per heavy atom. The Bertz CT molecular complexity index is 1350. The smallest absolute Gasteiger partial charge is 0.148 e. The first-order valence-electron chi connectivity index (χ1n) is 13.1. The second-order valence-electron chi connectivity index (χ2n) is 9.75. The number of hydrogen-bond acceptors (Lipinski definition) is 9. The van der Waals surface area contributed by atoms with Crippen molar-refractivity contribution in [3.05, 3.63) is 83.4 Å². The largest absolute Gasteiger partial charge is 0.489 e. The molecule has 0 aliphatic carbocycles. The van der Waals surface area contributed by atoms with Gasteiger partial charge in [0, 0.05) is 29.7 Å². The van der Waals surface area contributed by atoms with Crippen LogP contribution in [0.4, 0.5) is 11.5 Å². The molecule has 0 radical (unpaired) electrons. The van der Waals surface area contributed by atoms with Crippen LogP contribution in [0.3, 0.4) is 0 Å². The van der Waals surface area contributed by atoms with Crippen LogP contribution >= 0.6 is 0 Å². The van der Waals surface area contributed by atoms with E-state index >= 15 is 0 Å². The molecule has 39 heavy (non-hydrogen) atoms. The van der Waals surface area contributed by atoms with E-state index in [-0.39, 0.29) is 5.75 Å². The maximum atomic E-state index is 11.4. The fraction of sp³-hybridized carbons (Fsp3) is 0.379. The fourth-order valence-electron chi connectivity index (χ4n) is 4.30. The van der Waals surface area contributed by atoms with Crippen LogP contribution in [-0.4, -0.2) is 67.6 Å². The molecule has 1 aliphatic rings. The number of nitrogens with one attached hydrogen (secondary N) is 1. The molecule has 2 heterocycles. The van der Waals surface area contributed by atoms with Gasteiger partial charge in [0.05, 0.1) is 25.1 Å². The summed E-state index contributed by atoms with van der Waals surface area (Å²) in [5.74, 6) is 1.72. The van der Waals surface area contributed by atoms with Crippen molar-refractivity contribution in [3.8, 4) is 5.75 Å². The van der Waals surface area contributed by atoms with Gasteiger partial charge < -0.3 is 15.0 Å². The SMILES string of the molecule is CON1Cc2ncnc(Nc3ccc(OCc4ccccc4)cc3)c2C=C1CCCCN(C)CCS(C)(=O)=O. The molecule has 0 bridgehead atoms. The van der Waals surface area contributed by atoms with Crippen LogP contribution in [0, 0.1) is 0 Å². The zero-order valence-electron chi connectivity index (χ0n) is 22.8. The Morgan fingerprint density at radius 3 is 2.51 bits per heavy atom. The van der Waals surface area contributed by atoms with Gasteiger partial charge in [-0.3, -0.25) is 9.90 Å². The normalized spacial score (nSPS) is 13.2. The van der Waals surface area contributed by atoms with Gasteiger partial charge >= 0.3 is 0 Å². The van der Waals surface area contributed by atoms with Gasteiger partial charge in [-0.2, -0.15) is 0 Å². The summed E-state index contributed by atoms with van der Waals surface area (Å²) in [6, 6.07) is 17.9. The van der Waals surface area contributed by atoms with E-state index in [0.717, 1.165) is 65.6 Å². The number of aromatic nitrogens is 2. The van der Waals surface area contributed by atoms with Crippen LogP contribution in [0.25, 0.3) is 6.08 Å². The number of anilines is 2. The van der Waals surface area contributed by atoms with E-state index < -0.39 is 9.84 Å². The topological polar surface area (TPSA) is 96.9 Å². The monoisotopic (exact) mass is 551 g/mol. The Balaban J connectivity index is 1.36. The first kappa shape index (κ1) is 28.5. The minimum absolute atomic E-state index is 0.183. The minimum atomic E-state index is -2.95. The predicted molar refractivity (Wildman–Crippen MR) is 154 cm³/mol. The quantitative estimate of drug-likeness (QED) is 0.287. The van der Waals surface area contributed by atoms with Crippen LogP contribution in [0.15, 0.2) is 66.6 Å². The van der Waals surface area contributed by atoms with Crippen LogP contribution < -0.4 is 10.1 Å². The van der Waals surface area contributed by atoms with E-state index in [1.54, 1.807) is 13.4 Å². The summed E-state index contributed by atoms with van der Waals surface area (Å²) >= 11 is 0. The van der Waals surface area contributed by atoms with E-state index in [2.05, 4.69) is 26.3 Å². The van der Waals surface area contributed by atoms with Gasteiger partial charge in [-0.15, -0.1) is 0 Å². The summed E-state index contributed by atoms with van der Waals surface area (Å²) in [6.45, 7) is 2.45. The van der Waals surface area contributed by atoms with Crippen molar-refractivity contribution in [2.24, 2.45) is 0 Å². The van der Waals surface area contributed by atoms with Gasteiger partial charge in [0.15, 0.2) is 0 Å². The van der Waals surface area contributed by atoms with Crippen LogP contribution in [0.1, 0.15) is 36.1 Å². The highest BCUT2D eigenvalue weighted by atomic mass is 32.2. The van der Waals surface area contributed by atoms with Crippen LogP contribution in [0.5, 0.6) is 5.75 Å². The lowest BCUT2D eigenvalue weighted by Crippen LogP contribution is -2.27. The van der Waals surface area contributed by atoms with Crippen molar-refractivity contribution in [3.63, 3.8) is 0 Å². The average Bonchev–Trinajstić information content (AvgIpc) is 2.94. The maximum absolute atomic E-state index is 11.4. The zero-order valence-corrected chi connectivity index (χ0v) is 23.7. The number of ether oxygens (including phenoxy) is 1. The molecule has 0 amide bonds. The number of hydroxylamine groups is 2. The van der Waals surface area contributed by atoms with Gasteiger partial charge in [-0.05, 0) is 68.8 Å². The van der Waals surface area contributed by atoms with E-state index in [9.17, 15) is 8.42 Å². The van der Waals surface area contributed by atoms with Crippen molar-refractivity contribution in [1.29, 1.82) is 0 Å². The minimum Gasteiger partial charge on any atom is -0.489 e. The van der Waals surface area contributed by atoms with Crippen molar-refractivity contribution < 1.29 is 18.0 Å². The Kier molecular flexibility index (Phi) is 9.91. The van der Waals surface area contributed by atoms with Gasteiger partial charge in [-0.25, -0.2) is 18.4 Å². The standard InChI is InChI=1S/C29H37N5O4S/c1-33(17-18-39(3,35)36)16-8-7-11-25-19-27-28(20-34(25)37-2)30-22-31-29(27)32-24-12-14-26(15-13-24)38-21-23-9-5-4-6-10-23/h4-6,9-10,12-15,19,22H,7-8,11,16-18,20-21H2,1-3H3,(H,30,31,32). The molecule has 1 aromatic heterocycles. The number of fused-ring (bicyclic) bond motifs is 1. The van der Waals surface area contributed by atoms with E-state index in [4.69, 9.17) is 9.57 Å². The number of nitrogens with zero attached hydrogens (tertiary/aromatic N) is 4. The number of sulfone groups is 1. The van der Waals surface area contributed by atoms with E-state index in [1.807, 2.05) is 66.7 Å². The van der Waals surface area contributed by atoms with Crippen molar-refractivity contribution in [1.82, 2.24) is 19.9 Å². The van der Waals surface area contributed by atoms with E-state index in [0.29, 0.717) is 19.7 Å². The molecule has 0 spiro atoms. The Hall–Kier alpha value is -3.47. The van der Waals surface area contributed by atoms with Gasteiger partial charge in [-0.1, -0.05) is 30.3 Å². The fourth-order valence-corrected chi connectivity index (χ4v) is 4.94. The number of rotatable bonds is 14. The van der Waals surface area contributed by atoms with Gasteiger partial charge in [0.25, 0.3) is 0 Å². The van der Waals surface area contributed by atoms with Gasteiger partial charge in [0.1, 0.15) is 34.3 Å². The second kappa shape index (κ2) is 13.5. The summed E-state index contributed by atoms with van der Waals surface area (Å²) in [7, 11) is 0.678. The van der Waals surface area contributed by atoms with Crippen molar-refractivity contribution >= 4 is 27.4 Å². The molecule has 9 nitrogen and oxygen atoms in total. The average molecular weight is 552 g/mol. The second-order valence-corrected chi connectivity index (χ2v) is 12.0. The molecule has 1 N–H and O–H groups in total. The molecule has 0 saturated carbocycles. The Labute approximate surface area is 231 Å². The highest BCUT2D eigenvalue weighted by molar-refractivity contribution is 7.90. The molecular formula is C29H37N5O4S. The summed E-state index contributed by atoms with van der Waals surface area (Å²) in [6.07, 6.45) is 7.67. The van der Waals surface area contributed by atoms with Gasteiger partial charge in [0.2, 0.25) is 0 Å². The van der Waals surface area contributed by atoms with Crippen molar-refractivity contribution in [2.75, 3.05) is 44.6 Å². The molecule has 2 aromatic carbocycles. The Morgan fingerprint density at radius 2 is 1.79 bits per heavy atom. The third kappa shape index (κ3) is 8.77. The molecule has 1 aliphatic heterocycles. The third-order valence-corrected chi connectivity index (χ3v) is 7.47. The lowest BCUT2D eigenvalue weighted by atomic mass is 10.0. The number of hydrogen-bond donors (Lipinski definition) is 1. The van der Waals surface area contributed by atoms with Crippen molar-refractivity contribution in [2.45, 2.75) is 32.4 Å². The predicted octanol–water partition coefficient (Wildman–Crippen LogP) is 4.66. The third-order valence-electron chi connectivity index (χ3n) is 6.54. The molecule has 0 fully saturated rings. The zero-order chi connectivity index (χ0) is 27.7. The maximum Gasteiger partial charge on any atom is 0.148 e. The first-order valence-corrected chi connectivity index (χ1v) is 15.1. The van der Waals surface area contributed by atoms with Crippen LogP contribution in [-0.2, 0) is 27.8 Å². The van der Waals surface area contributed by atoms with Crippen LogP contribution in [0.2, 0.25) is 0 Å². The molecule has 0 unspecified atom stereocenters. The first-order chi connectivity index (χ1) is 18.8. The number of allylic oxidation sites excluding steroid dienone is 1. The summed E-state index contributed by atoms with van der Waals surface area (Å²) in [4.78, 5) is 16.7. The number of benzene rings is 2.